The van der Waals surface area contributed by atoms with Gasteiger partial charge < -0.3 is 4.90 Å². The van der Waals surface area contributed by atoms with Crippen molar-refractivity contribution in [1.82, 2.24) is 0 Å². The number of hydrogen-bond acceptors (Lipinski definition) is 1. The lowest BCUT2D eigenvalue weighted by atomic mass is 9.69. The fourth-order valence-electron chi connectivity index (χ4n) is 9.82. The molecule has 1 unspecified atom stereocenters. The molecule has 0 fully saturated rings. The Hall–Kier alpha value is -6.96. The van der Waals surface area contributed by atoms with Gasteiger partial charge in [-0.15, -0.1) is 0 Å². The van der Waals surface area contributed by atoms with E-state index < -0.39 is 0 Å². The molecule has 11 rings (SSSR count). The van der Waals surface area contributed by atoms with Crippen molar-refractivity contribution in [3.8, 4) is 44.5 Å². The highest BCUT2D eigenvalue weighted by atomic mass is 15.1. The van der Waals surface area contributed by atoms with Gasteiger partial charge in [0.1, 0.15) is 0 Å². The lowest BCUT2D eigenvalue weighted by molar-refractivity contribution is 0.780. The normalized spacial score (nSPS) is 16.0. The summed E-state index contributed by atoms with van der Waals surface area (Å²) in [4.78, 5) is 2.51. The van der Waals surface area contributed by atoms with Crippen molar-refractivity contribution in [2.45, 2.75) is 18.3 Å². The zero-order chi connectivity index (χ0) is 37.1. The predicted molar refractivity (Wildman–Crippen MR) is 234 cm³/mol. The lowest BCUT2D eigenvalue weighted by Gasteiger charge is -2.33. The summed E-state index contributed by atoms with van der Waals surface area (Å²) in [7, 11) is 0. The molecule has 0 aromatic heterocycles. The van der Waals surface area contributed by atoms with Crippen LogP contribution in [0.25, 0.3) is 50.1 Å². The second kappa shape index (κ2) is 13.1. The highest BCUT2D eigenvalue weighted by Gasteiger charge is 2.53. The summed E-state index contributed by atoms with van der Waals surface area (Å²) in [6.07, 6.45) is 6.97. The molecule has 1 heteroatoms. The van der Waals surface area contributed by atoms with E-state index in [9.17, 15) is 0 Å². The van der Waals surface area contributed by atoms with E-state index in [2.05, 4.69) is 217 Å². The molecule has 0 bridgehead atoms. The number of allylic oxidation sites excluding steroid dienone is 4. The molecule has 0 N–H and O–H groups in total. The van der Waals surface area contributed by atoms with Gasteiger partial charge in [0, 0.05) is 16.8 Å². The molecule has 0 heterocycles. The molecule has 0 aliphatic heterocycles. The van der Waals surface area contributed by atoms with Gasteiger partial charge in [-0.2, -0.15) is 0 Å². The third kappa shape index (κ3) is 4.87. The zero-order valence-electron chi connectivity index (χ0n) is 31.1. The van der Waals surface area contributed by atoms with E-state index >= 15 is 0 Å². The quantitative estimate of drug-likeness (QED) is 0.166. The first kappa shape index (κ1) is 32.5. The number of fused-ring (bicyclic) bond motifs is 9. The fraction of sp³-hybridized carbons (Fsp3) is 0.0545. The third-order valence-corrected chi connectivity index (χ3v) is 12.2. The molecule has 3 aliphatic rings. The summed E-state index contributed by atoms with van der Waals surface area (Å²) in [5.41, 5.74) is 21.4. The maximum Gasteiger partial charge on any atom is 0.0722 e. The molecule has 0 saturated heterocycles. The molecule has 3 aliphatic carbocycles. The Morgan fingerprint density at radius 3 is 1.57 bits per heavy atom. The average molecular weight is 714 g/mol. The van der Waals surface area contributed by atoms with E-state index in [-0.39, 0.29) is 5.41 Å². The molecule has 1 atom stereocenters. The van der Waals surface area contributed by atoms with E-state index in [1.807, 2.05) is 0 Å². The molecule has 1 nitrogen and oxygen atoms in total. The summed E-state index contributed by atoms with van der Waals surface area (Å²) < 4.78 is 0. The molecule has 56 heavy (non-hydrogen) atoms. The van der Waals surface area contributed by atoms with Crippen LogP contribution in [0.5, 0.6) is 0 Å². The molecule has 8 aromatic rings. The van der Waals surface area contributed by atoms with Crippen molar-refractivity contribution in [2.75, 3.05) is 4.90 Å². The largest absolute Gasteiger partial charge is 0.309 e. The molecule has 8 aromatic carbocycles. The van der Waals surface area contributed by atoms with E-state index in [4.69, 9.17) is 0 Å². The van der Waals surface area contributed by atoms with Crippen LogP contribution >= 0.6 is 0 Å². The summed E-state index contributed by atoms with van der Waals surface area (Å²) in [6, 6.07) is 73.7. The van der Waals surface area contributed by atoms with Crippen LogP contribution in [0.2, 0.25) is 0 Å². The van der Waals surface area contributed by atoms with Gasteiger partial charge in [0.25, 0.3) is 0 Å². The van der Waals surface area contributed by atoms with Crippen molar-refractivity contribution in [3.63, 3.8) is 0 Å². The molecule has 0 radical (unpaired) electrons. The minimum Gasteiger partial charge on any atom is -0.309 e. The summed E-state index contributed by atoms with van der Waals surface area (Å²) in [5.74, 6) is 0. The van der Waals surface area contributed by atoms with Crippen LogP contribution in [-0.4, -0.2) is 0 Å². The third-order valence-electron chi connectivity index (χ3n) is 12.2. The van der Waals surface area contributed by atoms with Crippen molar-refractivity contribution in [2.24, 2.45) is 0 Å². The van der Waals surface area contributed by atoms with Gasteiger partial charge in [-0.25, -0.2) is 0 Å². The van der Waals surface area contributed by atoms with Gasteiger partial charge in [0.2, 0.25) is 0 Å². The Morgan fingerprint density at radius 2 is 0.875 bits per heavy atom. The number of para-hydroxylation sites is 1. The molecular formula is C55H39N. The highest BCUT2D eigenvalue weighted by molar-refractivity contribution is 6.02. The SMILES string of the molecule is C1=CC2=C(CC1)c1ccccc1C21c2ccccc2-c2c(N(c3ccc(-c4ccc(-c5ccccc5)cc4)cc3)c3ccccc3-c3ccccc3)cccc21. The van der Waals surface area contributed by atoms with Crippen molar-refractivity contribution in [3.05, 3.63) is 240 Å². The molecule has 1 spiro atoms. The van der Waals surface area contributed by atoms with E-state index in [0.717, 1.165) is 24.2 Å². The van der Waals surface area contributed by atoms with Crippen LogP contribution in [0.15, 0.2) is 218 Å². The van der Waals surface area contributed by atoms with Gasteiger partial charge in [0.05, 0.1) is 16.8 Å². The molecule has 264 valence electrons. The highest BCUT2D eigenvalue weighted by Crippen LogP contribution is 2.65. The zero-order valence-corrected chi connectivity index (χ0v) is 31.1. The first-order chi connectivity index (χ1) is 27.8. The van der Waals surface area contributed by atoms with E-state index in [0.29, 0.717) is 0 Å². The Balaban J connectivity index is 1.12. The number of anilines is 3. The van der Waals surface area contributed by atoms with Crippen LogP contribution < -0.4 is 4.90 Å². The summed E-state index contributed by atoms with van der Waals surface area (Å²) in [6.45, 7) is 0. The van der Waals surface area contributed by atoms with Crippen LogP contribution in [0.1, 0.15) is 35.1 Å². The molecule has 0 amide bonds. The summed E-state index contributed by atoms with van der Waals surface area (Å²) in [5, 5.41) is 0. The Labute approximate surface area is 329 Å². The minimum atomic E-state index is -0.370. The number of benzene rings is 8. The average Bonchev–Trinajstić information content (AvgIpc) is 3.76. The minimum absolute atomic E-state index is 0.370. The van der Waals surface area contributed by atoms with Gasteiger partial charge in [0.15, 0.2) is 0 Å². The number of nitrogens with zero attached hydrogens (tertiary/aromatic N) is 1. The Kier molecular flexibility index (Phi) is 7.60. The smallest absolute Gasteiger partial charge is 0.0722 e. The number of rotatable bonds is 6. The van der Waals surface area contributed by atoms with Crippen molar-refractivity contribution in [1.29, 1.82) is 0 Å². The van der Waals surface area contributed by atoms with Crippen LogP contribution in [0.3, 0.4) is 0 Å². The maximum absolute atomic E-state index is 2.51. The Morgan fingerprint density at radius 1 is 0.375 bits per heavy atom. The lowest BCUT2D eigenvalue weighted by Crippen LogP contribution is -2.27. The number of hydrogen-bond donors (Lipinski definition) is 0. The van der Waals surface area contributed by atoms with Crippen molar-refractivity contribution < 1.29 is 0 Å². The second-order valence-electron chi connectivity index (χ2n) is 15.1. The second-order valence-corrected chi connectivity index (χ2v) is 15.1. The van der Waals surface area contributed by atoms with E-state index in [1.165, 1.54) is 83.6 Å². The van der Waals surface area contributed by atoms with Crippen LogP contribution in [0, 0.1) is 0 Å². The standard InChI is InChI=1S/C55H39N/c1-3-16-38(17-4-1)39-30-32-40(33-31-39)41-34-36-43(37-35-41)56(52-28-14-10-20-44(52)42-18-5-2-6-19-42)53-29-15-27-51-54(53)47-23-9-13-26-50(47)55(51)48-24-11-7-21-45(48)46-22-8-12-25-49(46)55/h1-7,9-21,23-37H,8,22H2. The topological polar surface area (TPSA) is 3.24 Å². The fourth-order valence-corrected chi connectivity index (χ4v) is 9.82. The molecular weight excluding hydrogens is 675 g/mol. The predicted octanol–water partition coefficient (Wildman–Crippen LogP) is 14.6. The first-order valence-corrected chi connectivity index (χ1v) is 19.7. The van der Waals surface area contributed by atoms with Gasteiger partial charge in [-0.3, -0.25) is 0 Å². The van der Waals surface area contributed by atoms with Crippen LogP contribution in [-0.2, 0) is 5.41 Å². The summed E-state index contributed by atoms with van der Waals surface area (Å²) >= 11 is 0. The Bertz CT molecular complexity index is 2830. The first-order valence-electron chi connectivity index (χ1n) is 19.7. The maximum atomic E-state index is 2.51. The van der Waals surface area contributed by atoms with Crippen molar-refractivity contribution >= 4 is 22.6 Å². The van der Waals surface area contributed by atoms with Crippen LogP contribution in [0.4, 0.5) is 17.1 Å². The molecule has 0 saturated carbocycles. The van der Waals surface area contributed by atoms with Gasteiger partial charge >= 0.3 is 0 Å². The van der Waals surface area contributed by atoms with Gasteiger partial charge in [-0.1, -0.05) is 188 Å². The van der Waals surface area contributed by atoms with E-state index in [1.54, 1.807) is 0 Å². The monoisotopic (exact) mass is 713 g/mol. The van der Waals surface area contributed by atoms with Gasteiger partial charge in [-0.05, 0) is 104 Å².